The predicted molar refractivity (Wildman–Crippen MR) is 84.4 cm³/mol. The molecule has 0 aliphatic rings. The highest BCUT2D eigenvalue weighted by Crippen LogP contribution is 2.21. The molecule has 1 heterocycles. The maximum Gasteiger partial charge on any atom is 0.118 e. The molecule has 0 saturated carbocycles. The molecule has 2 rings (SSSR count). The van der Waals surface area contributed by atoms with Crippen molar-refractivity contribution in [2.75, 3.05) is 7.11 Å². The molecule has 4 heteroatoms. The number of nitrogens with one attached hydrogen (secondary N) is 1. The van der Waals surface area contributed by atoms with Crippen molar-refractivity contribution in [3.8, 4) is 5.75 Å². The lowest BCUT2D eigenvalue weighted by Crippen LogP contribution is -2.20. The van der Waals surface area contributed by atoms with E-state index in [9.17, 15) is 0 Å². The van der Waals surface area contributed by atoms with Crippen LogP contribution in [0.3, 0.4) is 0 Å². The van der Waals surface area contributed by atoms with Crippen molar-refractivity contribution in [2.24, 2.45) is 0 Å². The zero-order chi connectivity index (χ0) is 14.4. The fourth-order valence-electron chi connectivity index (χ4n) is 2.14. The number of nitrogens with zero attached hydrogens (tertiary/aromatic N) is 1. The van der Waals surface area contributed by atoms with Crippen LogP contribution in [0.15, 0.2) is 30.5 Å². The van der Waals surface area contributed by atoms with E-state index in [0.717, 1.165) is 30.1 Å². The highest BCUT2D eigenvalue weighted by molar-refractivity contribution is 7.11. The fourth-order valence-corrected chi connectivity index (χ4v) is 2.95. The molecule has 1 aromatic carbocycles. The first kappa shape index (κ1) is 15.0. The van der Waals surface area contributed by atoms with Crippen LogP contribution >= 0.6 is 11.3 Å². The van der Waals surface area contributed by atoms with E-state index < -0.39 is 0 Å². The molecule has 0 fully saturated rings. The van der Waals surface area contributed by atoms with E-state index in [1.54, 1.807) is 18.4 Å². The molecule has 0 aliphatic heterocycles. The van der Waals surface area contributed by atoms with Crippen molar-refractivity contribution in [1.29, 1.82) is 0 Å². The number of ether oxygens (including phenoxy) is 1. The molecule has 0 radical (unpaired) electrons. The molecule has 0 aliphatic carbocycles. The molecule has 1 N–H and O–H groups in total. The van der Waals surface area contributed by atoms with Crippen molar-refractivity contribution < 1.29 is 4.74 Å². The molecular formula is C16H22N2OS. The van der Waals surface area contributed by atoms with E-state index >= 15 is 0 Å². The Morgan fingerprint density at radius 3 is 2.55 bits per heavy atom. The molecule has 0 saturated heterocycles. The Balaban J connectivity index is 1.97. The second kappa shape index (κ2) is 7.41. The quantitative estimate of drug-likeness (QED) is 0.838. The van der Waals surface area contributed by atoms with Gasteiger partial charge in [-0.05, 0) is 30.5 Å². The average molecular weight is 290 g/mol. The summed E-state index contributed by atoms with van der Waals surface area (Å²) in [5, 5.41) is 4.74. The third kappa shape index (κ3) is 3.81. The number of aromatic nitrogens is 1. The minimum Gasteiger partial charge on any atom is -0.497 e. The number of aryl methyl sites for hydroxylation is 1. The Morgan fingerprint density at radius 1 is 1.25 bits per heavy atom. The fraction of sp³-hybridized carbons (Fsp3) is 0.438. The molecule has 3 nitrogen and oxygen atoms in total. The first-order valence-corrected chi connectivity index (χ1v) is 7.89. The lowest BCUT2D eigenvalue weighted by Gasteiger charge is -2.17. The van der Waals surface area contributed by atoms with Crippen LogP contribution in [0.25, 0.3) is 0 Å². The molecular weight excluding hydrogens is 268 g/mol. The topological polar surface area (TPSA) is 34.2 Å². The Morgan fingerprint density at radius 2 is 2.00 bits per heavy atom. The number of rotatable bonds is 7. The smallest absolute Gasteiger partial charge is 0.118 e. The summed E-state index contributed by atoms with van der Waals surface area (Å²) in [6.45, 7) is 5.19. The first-order valence-electron chi connectivity index (χ1n) is 7.07. The molecule has 0 amide bonds. The van der Waals surface area contributed by atoms with E-state index in [1.165, 1.54) is 10.4 Å². The Hall–Kier alpha value is -1.39. The summed E-state index contributed by atoms with van der Waals surface area (Å²) in [5.41, 5.74) is 1.29. The number of benzene rings is 1. The Bertz CT molecular complexity index is 522. The molecule has 2 aromatic rings. The van der Waals surface area contributed by atoms with Crippen LogP contribution in [-0.2, 0) is 13.0 Å². The van der Waals surface area contributed by atoms with Crippen LogP contribution < -0.4 is 10.1 Å². The number of thiazole rings is 1. The van der Waals surface area contributed by atoms with Crippen LogP contribution in [0.1, 0.15) is 41.8 Å². The third-order valence-corrected chi connectivity index (χ3v) is 4.52. The SMILES string of the molecule is CCc1cnc(CNC(CC)c2ccc(OC)cc2)s1. The highest BCUT2D eigenvalue weighted by Gasteiger charge is 2.10. The van der Waals surface area contributed by atoms with Crippen molar-refractivity contribution >= 4 is 11.3 Å². The maximum absolute atomic E-state index is 5.20. The lowest BCUT2D eigenvalue weighted by atomic mass is 10.0. The summed E-state index contributed by atoms with van der Waals surface area (Å²) >= 11 is 1.79. The molecule has 1 unspecified atom stereocenters. The normalized spacial score (nSPS) is 12.3. The van der Waals surface area contributed by atoms with E-state index in [2.05, 4.69) is 36.3 Å². The van der Waals surface area contributed by atoms with Gasteiger partial charge in [-0.15, -0.1) is 11.3 Å². The van der Waals surface area contributed by atoms with Gasteiger partial charge in [0.25, 0.3) is 0 Å². The maximum atomic E-state index is 5.20. The van der Waals surface area contributed by atoms with Crippen LogP contribution in [0.2, 0.25) is 0 Å². The molecule has 0 bridgehead atoms. The molecule has 108 valence electrons. The van der Waals surface area contributed by atoms with Crippen LogP contribution in [-0.4, -0.2) is 12.1 Å². The summed E-state index contributed by atoms with van der Waals surface area (Å²) in [7, 11) is 1.69. The standard InChI is InChI=1S/C16H22N2OS/c1-4-14-10-18-16(20-14)11-17-15(5-2)12-6-8-13(19-3)9-7-12/h6-10,15,17H,4-5,11H2,1-3H3. The van der Waals surface area contributed by atoms with Crippen molar-refractivity contribution in [3.63, 3.8) is 0 Å². The van der Waals surface area contributed by atoms with Gasteiger partial charge in [0.05, 0.1) is 7.11 Å². The van der Waals surface area contributed by atoms with Gasteiger partial charge in [0.15, 0.2) is 0 Å². The first-order chi connectivity index (χ1) is 9.76. The van der Waals surface area contributed by atoms with Crippen LogP contribution in [0.5, 0.6) is 5.75 Å². The second-order valence-corrected chi connectivity index (χ2v) is 5.89. The van der Waals surface area contributed by atoms with Gasteiger partial charge >= 0.3 is 0 Å². The largest absolute Gasteiger partial charge is 0.497 e. The van der Waals surface area contributed by atoms with Crippen LogP contribution in [0, 0.1) is 0 Å². The van der Waals surface area contributed by atoms with Gasteiger partial charge < -0.3 is 10.1 Å². The summed E-state index contributed by atoms with van der Waals surface area (Å²) in [6.07, 6.45) is 4.10. The minimum absolute atomic E-state index is 0.356. The second-order valence-electron chi connectivity index (χ2n) is 4.69. The number of methoxy groups -OCH3 is 1. The summed E-state index contributed by atoms with van der Waals surface area (Å²) in [4.78, 5) is 5.80. The van der Waals surface area contributed by atoms with Gasteiger partial charge in [-0.25, -0.2) is 4.98 Å². The van der Waals surface area contributed by atoms with E-state index in [-0.39, 0.29) is 0 Å². The summed E-state index contributed by atoms with van der Waals surface area (Å²) in [5.74, 6) is 0.899. The predicted octanol–water partition coefficient (Wildman–Crippen LogP) is 3.96. The zero-order valence-electron chi connectivity index (χ0n) is 12.3. The minimum atomic E-state index is 0.356. The van der Waals surface area contributed by atoms with Gasteiger partial charge in [-0.3, -0.25) is 0 Å². The molecule has 20 heavy (non-hydrogen) atoms. The van der Waals surface area contributed by atoms with Gasteiger partial charge in [0.2, 0.25) is 0 Å². The molecule has 1 atom stereocenters. The number of hydrogen-bond donors (Lipinski definition) is 1. The van der Waals surface area contributed by atoms with Crippen molar-refractivity contribution in [3.05, 3.63) is 45.9 Å². The van der Waals surface area contributed by atoms with Crippen molar-refractivity contribution in [1.82, 2.24) is 10.3 Å². The van der Waals surface area contributed by atoms with Gasteiger partial charge in [0, 0.05) is 23.7 Å². The Kier molecular flexibility index (Phi) is 5.56. The molecule has 0 spiro atoms. The van der Waals surface area contributed by atoms with Gasteiger partial charge in [-0.1, -0.05) is 26.0 Å². The zero-order valence-corrected chi connectivity index (χ0v) is 13.2. The highest BCUT2D eigenvalue weighted by atomic mass is 32.1. The van der Waals surface area contributed by atoms with E-state index in [1.807, 2.05) is 18.3 Å². The third-order valence-electron chi connectivity index (χ3n) is 3.38. The van der Waals surface area contributed by atoms with E-state index in [0.29, 0.717) is 6.04 Å². The average Bonchev–Trinajstić information content (AvgIpc) is 2.96. The Labute approximate surface area is 125 Å². The summed E-state index contributed by atoms with van der Waals surface area (Å²) < 4.78 is 5.20. The van der Waals surface area contributed by atoms with Crippen LogP contribution in [0.4, 0.5) is 0 Å². The summed E-state index contributed by atoms with van der Waals surface area (Å²) in [6, 6.07) is 8.63. The van der Waals surface area contributed by atoms with Gasteiger partial charge in [0.1, 0.15) is 10.8 Å². The molecule has 1 aromatic heterocycles. The van der Waals surface area contributed by atoms with Crippen molar-refractivity contribution in [2.45, 2.75) is 39.3 Å². The van der Waals surface area contributed by atoms with E-state index in [4.69, 9.17) is 4.74 Å². The number of hydrogen-bond acceptors (Lipinski definition) is 4. The monoisotopic (exact) mass is 290 g/mol. The van der Waals surface area contributed by atoms with Gasteiger partial charge in [-0.2, -0.15) is 0 Å². The lowest BCUT2D eigenvalue weighted by molar-refractivity contribution is 0.414.